The number of nitrogens with one attached hydrogen (secondary N) is 1. The van der Waals surface area contributed by atoms with E-state index < -0.39 is 11.7 Å². The number of pyridine rings is 1. The highest BCUT2D eigenvalue weighted by Crippen LogP contribution is 2.31. The molecule has 0 spiro atoms. The Hall–Kier alpha value is -2.33. The number of amides is 2. The molecule has 1 fully saturated rings. The maximum Gasteiger partial charge on any atom is 0.417 e. The minimum Gasteiger partial charge on any atom is -0.353 e. The smallest absolute Gasteiger partial charge is 0.353 e. The Labute approximate surface area is 168 Å². The van der Waals surface area contributed by atoms with Crippen LogP contribution in [0.3, 0.4) is 0 Å². The summed E-state index contributed by atoms with van der Waals surface area (Å²) in [6, 6.07) is 2.09. The van der Waals surface area contributed by atoms with E-state index in [0.717, 1.165) is 6.07 Å². The van der Waals surface area contributed by atoms with Crippen LogP contribution in [0.4, 0.5) is 23.8 Å². The van der Waals surface area contributed by atoms with Gasteiger partial charge in [-0.3, -0.25) is 4.98 Å². The van der Waals surface area contributed by atoms with Crippen molar-refractivity contribution in [2.24, 2.45) is 0 Å². The number of aromatic nitrogens is 3. The third kappa shape index (κ3) is 4.93. The standard InChI is InChI=1S/C16H15Cl2F3N6O/c17-11-5-10(16(19,20)21)7-22-12(11)8-23-15(28)27-3-1-26(2-4-27)14-6-13(18)24-9-25-14/h5-7,9H,1-4,8H2,(H,23,28). The summed E-state index contributed by atoms with van der Waals surface area (Å²) < 4.78 is 37.9. The van der Waals surface area contributed by atoms with E-state index in [0.29, 0.717) is 43.3 Å². The van der Waals surface area contributed by atoms with Gasteiger partial charge in [0.05, 0.1) is 22.8 Å². The predicted octanol–water partition coefficient (Wildman–Crippen LogP) is 3.23. The molecule has 3 rings (SSSR count). The molecule has 0 aromatic carbocycles. The number of piperazine rings is 1. The van der Waals surface area contributed by atoms with Gasteiger partial charge in [-0.1, -0.05) is 23.2 Å². The number of alkyl halides is 3. The van der Waals surface area contributed by atoms with Crippen LogP contribution >= 0.6 is 23.2 Å². The van der Waals surface area contributed by atoms with Gasteiger partial charge in [0, 0.05) is 38.4 Å². The lowest BCUT2D eigenvalue weighted by Crippen LogP contribution is -2.52. The van der Waals surface area contributed by atoms with Crippen molar-refractivity contribution in [3.05, 3.63) is 46.1 Å². The van der Waals surface area contributed by atoms with E-state index in [1.165, 1.54) is 6.33 Å². The van der Waals surface area contributed by atoms with Gasteiger partial charge in [-0.2, -0.15) is 13.2 Å². The minimum absolute atomic E-state index is 0.0719. The van der Waals surface area contributed by atoms with Crippen molar-refractivity contribution in [3.63, 3.8) is 0 Å². The number of anilines is 1. The molecule has 1 N–H and O–H groups in total. The van der Waals surface area contributed by atoms with Crippen molar-refractivity contribution >= 4 is 35.1 Å². The summed E-state index contributed by atoms with van der Waals surface area (Å²) >= 11 is 11.7. The van der Waals surface area contributed by atoms with Crippen LogP contribution in [0.25, 0.3) is 0 Å². The second-order valence-electron chi connectivity index (χ2n) is 5.98. The van der Waals surface area contributed by atoms with Gasteiger partial charge in [0.1, 0.15) is 17.3 Å². The third-order valence-corrected chi connectivity index (χ3v) is 4.70. The normalized spacial score (nSPS) is 14.9. The Bertz CT molecular complexity index is 859. The van der Waals surface area contributed by atoms with Gasteiger partial charge in [-0.25, -0.2) is 14.8 Å². The zero-order valence-electron chi connectivity index (χ0n) is 14.4. The second-order valence-corrected chi connectivity index (χ2v) is 6.78. The molecular weight excluding hydrogens is 420 g/mol. The maximum absolute atomic E-state index is 12.6. The Morgan fingerprint density at radius 3 is 2.43 bits per heavy atom. The average molecular weight is 435 g/mol. The van der Waals surface area contributed by atoms with Crippen molar-refractivity contribution < 1.29 is 18.0 Å². The van der Waals surface area contributed by atoms with Crippen LogP contribution in [0.2, 0.25) is 10.2 Å². The van der Waals surface area contributed by atoms with Gasteiger partial charge in [-0.15, -0.1) is 0 Å². The monoisotopic (exact) mass is 434 g/mol. The number of hydrogen-bond donors (Lipinski definition) is 1. The molecule has 0 radical (unpaired) electrons. The van der Waals surface area contributed by atoms with Gasteiger partial charge in [0.2, 0.25) is 0 Å². The van der Waals surface area contributed by atoms with Gasteiger partial charge in [0.25, 0.3) is 0 Å². The lowest BCUT2D eigenvalue weighted by molar-refractivity contribution is -0.137. The van der Waals surface area contributed by atoms with E-state index in [1.807, 2.05) is 4.90 Å². The number of carbonyl (C=O) groups excluding carboxylic acids is 1. The SMILES string of the molecule is O=C(NCc1ncc(C(F)(F)F)cc1Cl)N1CCN(c2cc(Cl)ncn2)CC1. The molecule has 0 atom stereocenters. The summed E-state index contributed by atoms with van der Waals surface area (Å²) in [6.07, 6.45) is -2.46. The summed E-state index contributed by atoms with van der Waals surface area (Å²) in [6.45, 7) is 1.93. The lowest BCUT2D eigenvalue weighted by atomic mass is 10.2. The first-order chi connectivity index (χ1) is 13.2. The third-order valence-electron chi connectivity index (χ3n) is 4.16. The molecule has 150 valence electrons. The molecule has 1 aliphatic rings. The van der Waals surface area contributed by atoms with Gasteiger partial charge < -0.3 is 15.1 Å². The lowest BCUT2D eigenvalue weighted by Gasteiger charge is -2.35. The van der Waals surface area contributed by atoms with Crippen molar-refractivity contribution in [1.82, 2.24) is 25.2 Å². The Morgan fingerprint density at radius 1 is 1.11 bits per heavy atom. The van der Waals surface area contributed by atoms with E-state index >= 15 is 0 Å². The Morgan fingerprint density at radius 2 is 1.82 bits per heavy atom. The molecule has 1 saturated heterocycles. The van der Waals surface area contributed by atoms with Crippen LogP contribution in [0.5, 0.6) is 0 Å². The minimum atomic E-state index is -4.52. The summed E-state index contributed by atoms with van der Waals surface area (Å²) in [7, 11) is 0. The highest BCUT2D eigenvalue weighted by atomic mass is 35.5. The maximum atomic E-state index is 12.6. The molecule has 28 heavy (non-hydrogen) atoms. The highest BCUT2D eigenvalue weighted by molar-refractivity contribution is 6.31. The van der Waals surface area contributed by atoms with E-state index in [4.69, 9.17) is 23.2 Å². The van der Waals surface area contributed by atoms with Crippen LogP contribution in [0.15, 0.2) is 24.7 Å². The molecular formula is C16H15Cl2F3N6O. The van der Waals surface area contributed by atoms with E-state index in [2.05, 4.69) is 20.3 Å². The number of hydrogen-bond acceptors (Lipinski definition) is 5. The van der Waals surface area contributed by atoms with Crippen molar-refractivity contribution in [3.8, 4) is 0 Å². The topological polar surface area (TPSA) is 74.2 Å². The fourth-order valence-electron chi connectivity index (χ4n) is 2.66. The number of urea groups is 1. The van der Waals surface area contributed by atoms with E-state index in [1.54, 1.807) is 11.0 Å². The van der Waals surface area contributed by atoms with Crippen molar-refractivity contribution in [1.29, 1.82) is 0 Å². The molecule has 0 aliphatic carbocycles. The van der Waals surface area contributed by atoms with Gasteiger partial charge in [-0.05, 0) is 6.07 Å². The fourth-order valence-corrected chi connectivity index (χ4v) is 3.03. The molecule has 0 unspecified atom stereocenters. The zero-order chi connectivity index (χ0) is 20.3. The highest BCUT2D eigenvalue weighted by Gasteiger charge is 2.31. The molecule has 3 heterocycles. The number of halogens is 5. The fraction of sp³-hybridized carbons (Fsp3) is 0.375. The molecule has 12 heteroatoms. The van der Waals surface area contributed by atoms with Crippen LogP contribution in [0, 0.1) is 0 Å². The molecule has 2 aromatic heterocycles. The first-order valence-electron chi connectivity index (χ1n) is 8.21. The summed E-state index contributed by atoms with van der Waals surface area (Å²) in [5.41, 5.74) is -0.772. The molecule has 0 saturated carbocycles. The Kier molecular flexibility index (Phi) is 6.09. The van der Waals surface area contributed by atoms with Gasteiger partial charge in [0.15, 0.2) is 0 Å². The summed E-state index contributed by atoms with van der Waals surface area (Å²) in [4.78, 5) is 27.6. The number of rotatable bonds is 3. The molecule has 2 aromatic rings. The van der Waals surface area contributed by atoms with Crippen LogP contribution < -0.4 is 10.2 Å². The number of carbonyl (C=O) groups is 1. The first kappa shape index (κ1) is 20.4. The van der Waals surface area contributed by atoms with E-state index in [-0.39, 0.29) is 23.3 Å². The quantitative estimate of drug-likeness (QED) is 0.750. The molecule has 2 amide bonds. The Balaban J connectivity index is 1.52. The number of nitrogens with zero attached hydrogens (tertiary/aromatic N) is 5. The predicted molar refractivity (Wildman–Crippen MR) is 97.3 cm³/mol. The summed E-state index contributed by atoms with van der Waals surface area (Å²) in [5.74, 6) is 0.681. The molecule has 7 nitrogen and oxygen atoms in total. The molecule has 1 aliphatic heterocycles. The first-order valence-corrected chi connectivity index (χ1v) is 8.96. The van der Waals surface area contributed by atoms with Crippen LogP contribution in [-0.2, 0) is 12.7 Å². The van der Waals surface area contributed by atoms with Crippen molar-refractivity contribution in [2.75, 3.05) is 31.1 Å². The molecule has 0 bridgehead atoms. The zero-order valence-corrected chi connectivity index (χ0v) is 15.9. The van der Waals surface area contributed by atoms with Crippen LogP contribution in [0.1, 0.15) is 11.3 Å². The van der Waals surface area contributed by atoms with Crippen LogP contribution in [-0.4, -0.2) is 52.1 Å². The van der Waals surface area contributed by atoms with Crippen molar-refractivity contribution in [2.45, 2.75) is 12.7 Å². The second kappa shape index (κ2) is 8.36. The van der Waals surface area contributed by atoms with E-state index in [9.17, 15) is 18.0 Å². The largest absolute Gasteiger partial charge is 0.417 e. The summed E-state index contributed by atoms with van der Waals surface area (Å²) in [5, 5.41) is 2.81. The van der Waals surface area contributed by atoms with Gasteiger partial charge >= 0.3 is 12.2 Å². The average Bonchev–Trinajstić information content (AvgIpc) is 2.66.